The molecule has 1 aromatic rings. The lowest BCUT2D eigenvalue weighted by atomic mass is 10.0. The third-order valence-corrected chi connectivity index (χ3v) is 4.66. The van der Waals surface area contributed by atoms with E-state index in [1.54, 1.807) is 24.3 Å². The molecule has 0 aliphatic carbocycles. The third kappa shape index (κ3) is 4.31. The Morgan fingerprint density at radius 2 is 2.17 bits per heavy atom. The zero-order valence-electron chi connectivity index (χ0n) is 13.3. The fourth-order valence-corrected chi connectivity index (χ4v) is 3.33. The molecule has 0 spiro atoms. The molecule has 1 atom stereocenters. The number of amides is 1. The maximum absolute atomic E-state index is 12.3. The van der Waals surface area contributed by atoms with Gasteiger partial charge >= 0.3 is 0 Å². The van der Waals surface area contributed by atoms with Gasteiger partial charge in [-0.15, -0.1) is 0 Å². The summed E-state index contributed by atoms with van der Waals surface area (Å²) in [5.74, 6) is -0.0836. The number of nitriles is 1. The van der Waals surface area contributed by atoms with Gasteiger partial charge in [-0.25, -0.2) is 0 Å². The second-order valence-electron chi connectivity index (χ2n) is 6.38. The quantitative estimate of drug-likeness (QED) is 0.922. The van der Waals surface area contributed by atoms with Gasteiger partial charge in [0.1, 0.15) is 0 Å². The molecule has 1 unspecified atom stereocenters. The number of nitrogens with zero attached hydrogens (tertiary/aromatic N) is 2. The second-order valence-corrected chi connectivity index (χ2v) is 6.38. The number of carbonyl (C=O) groups is 1. The summed E-state index contributed by atoms with van der Waals surface area (Å²) in [7, 11) is 0. The Morgan fingerprint density at radius 3 is 2.87 bits per heavy atom. The van der Waals surface area contributed by atoms with Crippen LogP contribution in [-0.4, -0.2) is 49.2 Å². The van der Waals surface area contributed by atoms with Crippen molar-refractivity contribution in [3.05, 3.63) is 35.4 Å². The molecule has 0 saturated carbocycles. The summed E-state index contributed by atoms with van der Waals surface area (Å²) in [6.45, 7) is 3.93. The first-order chi connectivity index (χ1) is 11.2. The van der Waals surface area contributed by atoms with E-state index in [0.717, 1.165) is 39.1 Å². The van der Waals surface area contributed by atoms with Gasteiger partial charge in [0.2, 0.25) is 0 Å². The molecule has 2 aliphatic heterocycles. The Labute approximate surface area is 137 Å². The van der Waals surface area contributed by atoms with Crippen molar-refractivity contribution in [1.82, 2.24) is 10.2 Å². The predicted octanol–water partition coefficient (Wildman–Crippen LogP) is 1.93. The fourth-order valence-electron chi connectivity index (χ4n) is 3.33. The van der Waals surface area contributed by atoms with Gasteiger partial charge in [0.15, 0.2) is 0 Å². The Morgan fingerprint density at radius 1 is 1.35 bits per heavy atom. The van der Waals surface area contributed by atoms with Crippen molar-refractivity contribution in [2.45, 2.75) is 37.8 Å². The molecule has 1 amide bonds. The molecule has 3 rings (SSSR count). The van der Waals surface area contributed by atoms with Crippen molar-refractivity contribution >= 4 is 5.91 Å². The molecule has 1 aromatic carbocycles. The van der Waals surface area contributed by atoms with Gasteiger partial charge in [0.05, 0.1) is 17.7 Å². The molecule has 5 heteroatoms. The minimum Gasteiger partial charge on any atom is -0.377 e. The van der Waals surface area contributed by atoms with Crippen LogP contribution in [-0.2, 0) is 4.74 Å². The van der Waals surface area contributed by atoms with Crippen LogP contribution in [0.15, 0.2) is 24.3 Å². The van der Waals surface area contributed by atoms with Gasteiger partial charge in [-0.1, -0.05) is 6.07 Å². The number of hydrogen-bond donors (Lipinski definition) is 1. The van der Waals surface area contributed by atoms with Gasteiger partial charge in [-0.2, -0.15) is 5.26 Å². The van der Waals surface area contributed by atoms with Crippen LogP contribution < -0.4 is 5.32 Å². The number of likely N-dealkylation sites (tertiary alicyclic amines) is 1. The average Bonchev–Trinajstić information content (AvgIpc) is 3.09. The summed E-state index contributed by atoms with van der Waals surface area (Å²) < 4.78 is 5.69. The Bertz CT molecular complexity index is 582. The first kappa shape index (κ1) is 16.0. The summed E-state index contributed by atoms with van der Waals surface area (Å²) in [6.07, 6.45) is 4.69. The van der Waals surface area contributed by atoms with Crippen molar-refractivity contribution in [2.24, 2.45) is 0 Å². The van der Waals surface area contributed by atoms with E-state index in [-0.39, 0.29) is 11.9 Å². The van der Waals surface area contributed by atoms with Crippen LogP contribution in [0, 0.1) is 11.3 Å². The van der Waals surface area contributed by atoms with Crippen molar-refractivity contribution in [3.63, 3.8) is 0 Å². The van der Waals surface area contributed by atoms with Crippen LogP contribution in [0.3, 0.4) is 0 Å². The van der Waals surface area contributed by atoms with Crippen LogP contribution in [0.4, 0.5) is 0 Å². The largest absolute Gasteiger partial charge is 0.377 e. The molecule has 2 saturated heterocycles. The number of carbonyl (C=O) groups excluding carboxylic acids is 1. The molecule has 23 heavy (non-hydrogen) atoms. The third-order valence-electron chi connectivity index (χ3n) is 4.66. The molecule has 122 valence electrons. The van der Waals surface area contributed by atoms with Crippen LogP contribution in [0.5, 0.6) is 0 Å². The normalized spacial score (nSPS) is 22.7. The van der Waals surface area contributed by atoms with Crippen molar-refractivity contribution < 1.29 is 9.53 Å². The monoisotopic (exact) mass is 313 g/mol. The van der Waals surface area contributed by atoms with Gasteiger partial charge in [0.25, 0.3) is 5.91 Å². The number of rotatable bonds is 4. The fraction of sp³-hybridized carbons (Fsp3) is 0.556. The Kier molecular flexibility index (Phi) is 5.27. The highest BCUT2D eigenvalue weighted by molar-refractivity contribution is 5.94. The zero-order chi connectivity index (χ0) is 16.1. The number of benzene rings is 1. The van der Waals surface area contributed by atoms with E-state index < -0.39 is 0 Å². The molecule has 2 fully saturated rings. The standard InChI is InChI=1S/C18H23N3O2/c19-12-14-3-1-4-15(11-14)18(22)20-16-6-8-21(9-7-16)13-17-5-2-10-23-17/h1,3-4,11,16-17H,2,5-10,13H2,(H,20,22). The van der Waals surface area contributed by atoms with E-state index in [0.29, 0.717) is 17.2 Å². The molecule has 1 N–H and O–H groups in total. The molecule has 2 aliphatic rings. The highest BCUT2D eigenvalue weighted by Gasteiger charge is 2.24. The lowest BCUT2D eigenvalue weighted by molar-refractivity contribution is 0.0613. The Hall–Kier alpha value is -1.90. The molecular weight excluding hydrogens is 290 g/mol. The van der Waals surface area contributed by atoms with Gasteiger partial charge in [0, 0.05) is 37.8 Å². The molecule has 0 bridgehead atoms. The first-order valence-electron chi connectivity index (χ1n) is 8.39. The van der Waals surface area contributed by atoms with Gasteiger partial charge < -0.3 is 15.0 Å². The smallest absolute Gasteiger partial charge is 0.251 e. The SMILES string of the molecule is N#Cc1cccc(C(=O)NC2CCN(CC3CCCO3)CC2)c1. The van der Waals surface area contributed by atoms with Crippen LogP contribution in [0.25, 0.3) is 0 Å². The second kappa shape index (κ2) is 7.58. The molecule has 0 aromatic heterocycles. The van der Waals surface area contributed by atoms with E-state index >= 15 is 0 Å². The van der Waals surface area contributed by atoms with E-state index in [2.05, 4.69) is 16.3 Å². The predicted molar refractivity (Wildman–Crippen MR) is 87.1 cm³/mol. The molecule has 5 nitrogen and oxygen atoms in total. The minimum atomic E-state index is -0.0836. The van der Waals surface area contributed by atoms with Crippen molar-refractivity contribution in [1.29, 1.82) is 5.26 Å². The molecule has 0 radical (unpaired) electrons. The van der Waals surface area contributed by atoms with Crippen LogP contribution >= 0.6 is 0 Å². The summed E-state index contributed by atoms with van der Waals surface area (Å²) in [5, 5.41) is 12.0. The van der Waals surface area contributed by atoms with Crippen molar-refractivity contribution in [3.8, 4) is 6.07 Å². The van der Waals surface area contributed by atoms with E-state index in [1.165, 1.54) is 12.8 Å². The number of hydrogen-bond acceptors (Lipinski definition) is 4. The van der Waals surface area contributed by atoms with Crippen LogP contribution in [0.2, 0.25) is 0 Å². The number of nitrogens with one attached hydrogen (secondary N) is 1. The van der Waals surface area contributed by atoms with Gasteiger partial charge in [-0.3, -0.25) is 4.79 Å². The highest BCUT2D eigenvalue weighted by atomic mass is 16.5. The molecular formula is C18H23N3O2. The van der Waals surface area contributed by atoms with E-state index in [1.807, 2.05) is 0 Å². The lowest BCUT2D eigenvalue weighted by Gasteiger charge is -2.33. The summed E-state index contributed by atoms with van der Waals surface area (Å²) in [5.41, 5.74) is 1.08. The minimum absolute atomic E-state index is 0.0836. The zero-order valence-corrected chi connectivity index (χ0v) is 13.3. The van der Waals surface area contributed by atoms with E-state index in [9.17, 15) is 4.79 Å². The van der Waals surface area contributed by atoms with Crippen LogP contribution in [0.1, 0.15) is 41.6 Å². The van der Waals surface area contributed by atoms with E-state index in [4.69, 9.17) is 10.00 Å². The summed E-state index contributed by atoms with van der Waals surface area (Å²) >= 11 is 0. The first-order valence-corrected chi connectivity index (χ1v) is 8.39. The number of piperidine rings is 1. The highest BCUT2D eigenvalue weighted by Crippen LogP contribution is 2.17. The summed E-state index contributed by atoms with van der Waals surface area (Å²) in [4.78, 5) is 14.7. The average molecular weight is 313 g/mol. The maximum Gasteiger partial charge on any atom is 0.251 e. The van der Waals surface area contributed by atoms with Crippen molar-refractivity contribution in [2.75, 3.05) is 26.2 Å². The summed E-state index contributed by atoms with van der Waals surface area (Å²) in [6, 6.07) is 9.13. The molecule has 2 heterocycles. The van der Waals surface area contributed by atoms with Gasteiger partial charge in [-0.05, 0) is 43.9 Å². The topological polar surface area (TPSA) is 65.4 Å². The lowest BCUT2D eigenvalue weighted by Crippen LogP contribution is -2.46. The Balaban J connectivity index is 1.46. The number of ether oxygens (including phenoxy) is 1. The maximum atomic E-state index is 12.3.